The van der Waals surface area contributed by atoms with Crippen LogP contribution in [0.2, 0.25) is 0 Å². The van der Waals surface area contributed by atoms with Crippen LogP contribution in [-0.4, -0.2) is 32.1 Å². The predicted octanol–water partition coefficient (Wildman–Crippen LogP) is 1.67. The van der Waals surface area contributed by atoms with Gasteiger partial charge in [-0.2, -0.15) is 0 Å². The number of sulfone groups is 1. The molecule has 1 aliphatic heterocycles. The molecule has 0 amide bonds. The Morgan fingerprint density at radius 1 is 1.40 bits per heavy atom. The van der Waals surface area contributed by atoms with E-state index in [0.717, 1.165) is 5.56 Å². The zero-order chi connectivity index (χ0) is 15.0. The maximum Gasteiger partial charge on any atom is 0.158 e. The van der Waals surface area contributed by atoms with Crippen LogP contribution in [0.5, 0.6) is 11.5 Å². The Bertz CT molecular complexity index is 590. The van der Waals surface area contributed by atoms with Crippen LogP contribution in [-0.2, 0) is 9.84 Å². The van der Waals surface area contributed by atoms with Gasteiger partial charge in [0.05, 0.1) is 16.5 Å². The first-order valence-corrected chi connectivity index (χ1v) is 8.23. The van der Waals surface area contributed by atoms with Crippen molar-refractivity contribution in [2.45, 2.75) is 31.6 Å². The van der Waals surface area contributed by atoms with Crippen LogP contribution in [0.4, 0.5) is 0 Å². The number of rotatable bonds is 4. The van der Waals surface area contributed by atoms with E-state index in [1.165, 1.54) is 0 Å². The van der Waals surface area contributed by atoms with Gasteiger partial charge >= 0.3 is 0 Å². The van der Waals surface area contributed by atoms with Crippen LogP contribution in [0.3, 0.4) is 0 Å². The second-order valence-corrected chi connectivity index (χ2v) is 8.76. The summed E-state index contributed by atoms with van der Waals surface area (Å²) in [7, 11) is -3.16. The van der Waals surface area contributed by atoms with Gasteiger partial charge in [-0.3, -0.25) is 0 Å². The third-order valence-corrected chi connectivity index (χ3v) is 5.93. The van der Waals surface area contributed by atoms with Gasteiger partial charge in [0, 0.05) is 11.6 Å². The van der Waals surface area contributed by atoms with Crippen molar-refractivity contribution < 1.29 is 17.9 Å². The van der Waals surface area contributed by atoms with E-state index >= 15 is 0 Å². The van der Waals surface area contributed by atoms with Crippen LogP contribution in [0.15, 0.2) is 18.2 Å². The van der Waals surface area contributed by atoms with Gasteiger partial charge < -0.3 is 15.2 Å². The predicted molar refractivity (Wildman–Crippen MR) is 77.9 cm³/mol. The first-order chi connectivity index (χ1) is 9.21. The minimum atomic E-state index is -3.16. The van der Waals surface area contributed by atoms with Gasteiger partial charge in [0.15, 0.2) is 9.84 Å². The number of benzene rings is 1. The standard InChI is InChI=1S/C14H21NO4S/c1-14(2,3)20(16,17)7-6-18-10-4-5-11-12(15)9-19-13(11)8-10/h4-5,8,12H,6-7,9,15H2,1-3H3. The Morgan fingerprint density at radius 2 is 2.10 bits per heavy atom. The summed E-state index contributed by atoms with van der Waals surface area (Å²) in [4.78, 5) is 0. The molecule has 0 fully saturated rings. The molecule has 2 rings (SSSR count). The Hall–Kier alpha value is -1.27. The van der Waals surface area contributed by atoms with Crippen molar-refractivity contribution in [1.82, 2.24) is 0 Å². The van der Waals surface area contributed by atoms with Gasteiger partial charge in [0.2, 0.25) is 0 Å². The SMILES string of the molecule is CC(C)(C)S(=O)(=O)CCOc1ccc2c(c1)OCC2N. The fourth-order valence-corrected chi connectivity index (χ4v) is 2.80. The maximum absolute atomic E-state index is 12.0. The lowest BCUT2D eigenvalue weighted by Gasteiger charge is -2.19. The Labute approximate surface area is 120 Å². The molecular weight excluding hydrogens is 278 g/mol. The largest absolute Gasteiger partial charge is 0.492 e. The Morgan fingerprint density at radius 3 is 2.75 bits per heavy atom. The van der Waals surface area contributed by atoms with Crippen LogP contribution in [0.25, 0.3) is 0 Å². The summed E-state index contributed by atoms with van der Waals surface area (Å²) in [5.41, 5.74) is 6.81. The molecule has 0 saturated carbocycles. The summed E-state index contributed by atoms with van der Waals surface area (Å²) >= 11 is 0. The normalized spacial score (nSPS) is 18.5. The number of nitrogens with two attached hydrogens (primary N) is 1. The minimum Gasteiger partial charge on any atom is -0.492 e. The first kappa shape index (κ1) is 15.1. The van der Waals surface area contributed by atoms with E-state index < -0.39 is 14.6 Å². The van der Waals surface area contributed by atoms with E-state index in [4.69, 9.17) is 15.2 Å². The third-order valence-electron chi connectivity index (χ3n) is 3.36. The third kappa shape index (κ3) is 3.07. The highest BCUT2D eigenvalue weighted by molar-refractivity contribution is 7.92. The number of hydrogen-bond donors (Lipinski definition) is 1. The van der Waals surface area contributed by atoms with E-state index in [9.17, 15) is 8.42 Å². The fraction of sp³-hybridized carbons (Fsp3) is 0.571. The molecule has 1 unspecified atom stereocenters. The van der Waals surface area contributed by atoms with Crippen LogP contribution in [0, 0.1) is 0 Å². The highest BCUT2D eigenvalue weighted by Crippen LogP contribution is 2.33. The van der Waals surface area contributed by atoms with E-state index in [-0.39, 0.29) is 18.4 Å². The maximum atomic E-state index is 12.0. The zero-order valence-electron chi connectivity index (χ0n) is 12.0. The molecule has 1 aromatic carbocycles. The van der Waals surface area contributed by atoms with Crippen molar-refractivity contribution in [2.24, 2.45) is 5.73 Å². The summed E-state index contributed by atoms with van der Waals surface area (Å²) in [5, 5.41) is 0. The van der Waals surface area contributed by atoms with Gasteiger partial charge in [-0.05, 0) is 32.9 Å². The molecular formula is C14H21NO4S. The van der Waals surface area contributed by atoms with Crippen molar-refractivity contribution in [3.63, 3.8) is 0 Å². The quantitative estimate of drug-likeness (QED) is 0.915. The molecule has 1 aromatic rings. The van der Waals surface area contributed by atoms with E-state index in [1.54, 1.807) is 32.9 Å². The van der Waals surface area contributed by atoms with Crippen LogP contribution < -0.4 is 15.2 Å². The molecule has 2 N–H and O–H groups in total. The second kappa shape index (κ2) is 5.26. The molecule has 5 nitrogen and oxygen atoms in total. The highest BCUT2D eigenvalue weighted by Gasteiger charge is 2.28. The number of ether oxygens (including phenoxy) is 2. The Kier molecular flexibility index (Phi) is 3.97. The molecule has 112 valence electrons. The number of fused-ring (bicyclic) bond motifs is 1. The molecule has 0 spiro atoms. The van der Waals surface area contributed by atoms with Crippen LogP contribution in [0.1, 0.15) is 32.4 Å². The first-order valence-electron chi connectivity index (χ1n) is 6.58. The summed E-state index contributed by atoms with van der Waals surface area (Å²) < 4.78 is 34.1. The van der Waals surface area contributed by atoms with Gasteiger partial charge in [-0.15, -0.1) is 0 Å². The van der Waals surface area contributed by atoms with Crippen molar-refractivity contribution in [1.29, 1.82) is 0 Å². The van der Waals surface area contributed by atoms with Crippen molar-refractivity contribution in [2.75, 3.05) is 19.0 Å². The van der Waals surface area contributed by atoms with E-state index in [1.807, 2.05) is 6.07 Å². The smallest absolute Gasteiger partial charge is 0.158 e. The molecule has 0 bridgehead atoms. The highest BCUT2D eigenvalue weighted by atomic mass is 32.2. The minimum absolute atomic E-state index is 0.00600. The fourth-order valence-electron chi connectivity index (χ4n) is 1.88. The number of hydrogen-bond acceptors (Lipinski definition) is 5. The zero-order valence-corrected chi connectivity index (χ0v) is 12.9. The van der Waals surface area contributed by atoms with Gasteiger partial charge in [-0.1, -0.05) is 0 Å². The molecule has 1 atom stereocenters. The summed E-state index contributed by atoms with van der Waals surface area (Å²) in [6, 6.07) is 5.31. The van der Waals surface area contributed by atoms with Crippen LogP contribution >= 0.6 is 0 Å². The average molecular weight is 299 g/mol. The van der Waals surface area contributed by atoms with Crippen molar-refractivity contribution >= 4 is 9.84 Å². The lowest BCUT2D eigenvalue weighted by molar-refractivity contribution is 0.323. The monoisotopic (exact) mass is 299 g/mol. The molecule has 0 saturated heterocycles. The summed E-state index contributed by atoms with van der Waals surface area (Å²) in [6.07, 6.45) is 0. The molecule has 0 aliphatic carbocycles. The molecule has 6 heteroatoms. The van der Waals surface area contributed by atoms with E-state index in [0.29, 0.717) is 18.1 Å². The van der Waals surface area contributed by atoms with Gasteiger partial charge in [-0.25, -0.2) is 8.42 Å². The Balaban J connectivity index is 1.96. The molecule has 0 aromatic heterocycles. The summed E-state index contributed by atoms with van der Waals surface area (Å²) in [6.45, 7) is 5.66. The second-order valence-electron chi connectivity index (χ2n) is 5.90. The molecule has 20 heavy (non-hydrogen) atoms. The van der Waals surface area contributed by atoms with Crippen molar-refractivity contribution in [3.8, 4) is 11.5 Å². The average Bonchev–Trinajstić information content (AvgIpc) is 2.69. The van der Waals surface area contributed by atoms with Crippen molar-refractivity contribution in [3.05, 3.63) is 23.8 Å². The topological polar surface area (TPSA) is 78.6 Å². The molecule has 1 aliphatic rings. The van der Waals surface area contributed by atoms with Gasteiger partial charge in [0.1, 0.15) is 24.7 Å². The van der Waals surface area contributed by atoms with E-state index in [2.05, 4.69) is 0 Å². The molecule has 0 radical (unpaired) electrons. The summed E-state index contributed by atoms with van der Waals surface area (Å²) in [5.74, 6) is 1.31. The molecule has 1 heterocycles. The van der Waals surface area contributed by atoms with Gasteiger partial charge in [0.25, 0.3) is 0 Å². The lowest BCUT2D eigenvalue weighted by atomic mass is 10.1. The lowest BCUT2D eigenvalue weighted by Crippen LogP contribution is -2.32.